The third-order valence-electron chi connectivity index (χ3n) is 6.74. The Morgan fingerprint density at radius 2 is 1.85 bits per heavy atom. The molecule has 3 heterocycles. The lowest BCUT2D eigenvalue weighted by Crippen LogP contribution is -2.49. The summed E-state index contributed by atoms with van der Waals surface area (Å²) in [7, 11) is 0. The number of nitrogens with zero attached hydrogens (tertiary/aromatic N) is 4. The van der Waals surface area contributed by atoms with Gasteiger partial charge in [-0.15, -0.1) is 0 Å². The normalized spacial score (nSPS) is 28.2. The van der Waals surface area contributed by atoms with Gasteiger partial charge in [0.25, 0.3) is 0 Å². The van der Waals surface area contributed by atoms with E-state index >= 15 is 0 Å². The third-order valence-corrected chi connectivity index (χ3v) is 6.74. The molecule has 1 amide bonds. The molecule has 1 aliphatic carbocycles. The minimum atomic E-state index is -0.128. The van der Waals surface area contributed by atoms with Gasteiger partial charge in [0, 0.05) is 50.1 Å². The molecule has 1 saturated carbocycles. The molecule has 1 aromatic heterocycles. The lowest BCUT2D eigenvalue weighted by atomic mass is 9.78. The van der Waals surface area contributed by atoms with Gasteiger partial charge in [-0.25, -0.2) is 9.97 Å². The molecule has 5 heteroatoms. The summed E-state index contributed by atoms with van der Waals surface area (Å²) in [6.07, 6.45) is 13.7. The molecule has 3 aliphatic rings. The first-order valence-corrected chi connectivity index (χ1v) is 10.5. The second-order valence-corrected chi connectivity index (χ2v) is 8.51. The van der Waals surface area contributed by atoms with Gasteiger partial charge in [-0.05, 0) is 45.6 Å². The predicted octanol–water partition coefficient (Wildman–Crippen LogP) is 3.36. The number of rotatable bonds is 4. The molecular formula is C21H32N4O. The standard InChI is InChI=1S/C21H32N4O/c1-2-25-11-6-9-21(20(25)26)10-12-24(16-21)15-17-13-22-19(23-14-17)18-7-4-3-5-8-18/h13-14,18H,2-12,15-16H2,1H3. The Morgan fingerprint density at radius 1 is 1.08 bits per heavy atom. The van der Waals surface area contributed by atoms with Gasteiger partial charge in [0.05, 0.1) is 5.41 Å². The fourth-order valence-corrected chi connectivity index (χ4v) is 5.20. The SMILES string of the molecule is CCN1CCCC2(CCN(Cc3cnc(C4CCCCC4)nc3)C2)C1=O. The number of piperidine rings is 1. The molecule has 1 aromatic rings. The summed E-state index contributed by atoms with van der Waals surface area (Å²) >= 11 is 0. The van der Waals surface area contributed by atoms with Crippen molar-refractivity contribution >= 4 is 5.91 Å². The minimum absolute atomic E-state index is 0.128. The van der Waals surface area contributed by atoms with E-state index < -0.39 is 0 Å². The van der Waals surface area contributed by atoms with E-state index in [0.29, 0.717) is 11.8 Å². The number of carbonyl (C=O) groups is 1. The van der Waals surface area contributed by atoms with Gasteiger partial charge in [-0.3, -0.25) is 9.69 Å². The smallest absolute Gasteiger partial charge is 0.230 e. The molecule has 26 heavy (non-hydrogen) atoms. The molecular weight excluding hydrogens is 324 g/mol. The van der Waals surface area contributed by atoms with Crippen LogP contribution in [0.15, 0.2) is 12.4 Å². The largest absolute Gasteiger partial charge is 0.342 e. The van der Waals surface area contributed by atoms with E-state index in [1.807, 2.05) is 12.4 Å². The predicted molar refractivity (Wildman–Crippen MR) is 102 cm³/mol. The Kier molecular flexibility index (Phi) is 5.25. The zero-order valence-electron chi connectivity index (χ0n) is 16.1. The van der Waals surface area contributed by atoms with Gasteiger partial charge in [-0.1, -0.05) is 19.3 Å². The molecule has 2 saturated heterocycles. The van der Waals surface area contributed by atoms with E-state index in [4.69, 9.17) is 0 Å². The topological polar surface area (TPSA) is 49.3 Å². The molecule has 4 rings (SSSR count). The van der Waals surface area contributed by atoms with E-state index in [-0.39, 0.29) is 5.41 Å². The highest BCUT2D eigenvalue weighted by Gasteiger charge is 2.47. The van der Waals surface area contributed by atoms with Crippen LogP contribution in [0.25, 0.3) is 0 Å². The zero-order valence-corrected chi connectivity index (χ0v) is 16.1. The van der Waals surface area contributed by atoms with Crippen molar-refractivity contribution in [2.45, 2.75) is 70.8 Å². The highest BCUT2D eigenvalue weighted by atomic mass is 16.2. The summed E-state index contributed by atoms with van der Waals surface area (Å²) in [4.78, 5) is 26.7. The molecule has 5 nitrogen and oxygen atoms in total. The average Bonchev–Trinajstić information content (AvgIpc) is 3.09. The molecule has 1 unspecified atom stereocenters. The number of aromatic nitrogens is 2. The van der Waals surface area contributed by atoms with Crippen molar-refractivity contribution in [1.29, 1.82) is 0 Å². The molecule has 1 spiro atoms. The van der Waals surface area contributed by atoms with Crippen LogP contribution < -0.4 is 0 Å². The summed E-state index contributed by atoms with van der Waals surface area (Å²) < 4.78 is 0. The molecule has 0 aromatic carbocycles. The third kappa shape index (κ3) is 3.51. The van der Waals surface area contributed by atoms with Crippen molar-refractivity contribution in [2.75, 3.05) is 26.2 Å². The summed E-state index contributed by atoms with van der Waals surface area (Å²) in [5, 5.41) is 0. The van der Waals surface area contributed by atoms with Crippen LogP contribution in [0.5, 0.6) is 0 Å². The number of amides is 1. The highest BCUT2D eigenvalue weighted by Crippen LogP contribution is 2.40. The monoisotopic (exact) mass is 356 g/mol. The molecule has 0 bridgehead atoms. The second kappa shape index (κ2) is 7.63. The van der Waals surface area contributed by atoms with Crippen molar-refractivity contribution in [2.24, 2.45) is 5.41 Å². The van der Waals surface area contributed by atoms with E-state index in [9.17, 15) is 4.79 Å². The summed E-state index contributed by atoms with van der Waals surface area (Å²) in [6, 6.07) is 0. The second-order valence-electron chi connectivity index (χ2n) is 8.51. The maximum atomic E-state index is 12.9. The molecule has 0 N–H and O–H groups in total. The van der Waals surface area contributed by atoms with Gasteiger partial charge < -0.3 is 4.90 Å². The van der Waals surface area contributed by atoms with Crippen LogP contribution in [0.4, 0.5) is 0 Å². The van der Waals surface area contributed by atoms with Gasteiger partial charge in [-0.2, -0.15) is 0 Å². The Balaban J connectivity index is 1.37. The van der Waals surface area contributed by atoms with Crippen molar-refractivity contribution < 1.29 is 4.79 Å². The molecule has 1 atom stereocenters. The fourth-order valence-electron chi connectivity index (χ4n) is 5.20. The summed E-state index contributed by atoms with van der Waals surface area (Å²) in [5.41, 5.74) is 1.05. The van der Waals surface area contributed by atoms with Crippen LogP contribution in [0.2, 0.25) is 0 Å². The zero-order chi connectivity index (χ0) is 18.0. The van der Waals surface area contributed by atoms with Crippen LogP contribution in [-0.4, -0.2) is 51.9 Å². The summed E-state index contributed by atoms with van der Waals surface area (Å²) in [5.74, 6) is 1.98. The van der Waals surface area contributed by atoms with Gasteiger partial charge in [0.15, 0.2) is 0 Å². The number of hydrogen-bond donors (Lipinski definition) is 0. The van der Waals surface area contributed by atoms with E-state index in [1.165, 1.54) is 37.7 Å². The Morgan fingerprint density at radius 3 is 2.58 bits per heavy atom. The van der Waals surface area contributed by atoms with Gasteiger partial charge in [0.1, 0.15) is 5.82 Å². The van der Waals surface area contributed by atoms with Crippen LogP contribution in [0.1, 0.15) is 75.6 Å². The van der Waals surface area contributed by atoms with E-state index in [2.05, 4.69) is 26.7 Å². The van der Waals surface area contributed by atoms with Crippen molar-refractivity contribution in [3.05, 3.63) is 23.8 Å². The molecule has 0 radical (unpaired) electrons. The Hall–Kier alpha value is -1.49. The van der Waals surface area contributed by atoms with Crippen LogP contribution in [0, 0.1) is 5.41 Å². The van der Waals surface area contributed by atoms with Gasteiger partial charge >= 0.3 is 0 Å². The maximum Gasteiger partial charge on any atom is 0.230 e. The fraction of sp³-hybridized carbons (Fsp3) is 0.762. The lowest BCUT2D eigenvalue weighted by molar-refractivity contribution is -0.145. The number of hydrogen-bond acceptors (Lipinski definition) is 4. The minimum Gasteiger partial charge on any atom is -0.342 e. The van der Waals surface area contributed by atoms with Crippen LogP contribution in [0.3, 0.4) is 0 Å². The highest BCUT2D eigenvalue weighted by molar-refractivity contribution is 5.84. The van der Waals surface area contributed by atoms with Crippen molar-refractivity contribution in [3.8, 4) is 0 Å². The molecule has 2 aliphatic heterocycles. The Labute approximate surface area is 157 Å². The summed E-state index contributed by atoms with van der Waals surface area (Å²) in [6.45, 7) is 6.64. The first-order chi connectivity index (χ1) is 12.7. The first kappa shape index (κ1) is 17.9. The van der Waals surface area contributed by atoms with Crippen molar-refractivity contribution in [1.82, 2.24) is 19.8 Å². The van der Waals surface area contributed by atoms with E-state index in [0.717, 1.165) is 57.8 Å². The molecule has 142 valence electrons. The lowest BCUT2D eigenvalue weighted by Gasteiger charge is -2.39. The number of carbonyl (C=O) groups excluding carboxylic acids is 1. The van der Waals surface area contributed by atoms with E-state index in [1.54, 1.807) is 0 Å². The van der Waals surface area contributed by atoms with Crippen molar-refractivity contribution in [3.63, 3.8) is 0 Å². The van der Waals surface area contributed by atoms with Crippen LogP contribution in [-0.2, 0) is 11.3 Å². The van der Waals surface area contributed by atoms with Gasteiger partial charge in [0.2, 0.25) is 5.91 Å². The quantitative estimate of drug-likeness (QED) is 0.830. The van der Waals surface area contributed by atoms with Crippen LogP contribution >= 0.6 is 0 Å². The Bertz CT molecular complexity index is 625. The average molecular weight is 357 g/mol. The first-order valence-electron chi connectivity index (χ1n) is 10.5. The number of likely N-dealkylation sites (tertiary alicyclic amines) is 2. The maximum absolute atomic E-state index is 12.9. The molecule has 3 fully saturated rings.